The molecular weight excluding hydrogens is 310 g/mol. The van der Waals surface area contributed by atoms with Crippen molar-refractivity contribution in [1.82, 2.24) is 0 Å². The van der Waals surface area contributed by atoms with Crippen LogP contribution in [0.25, 0.3) is 0 Å². The molecule has 1 aliphatic carbocycles. The summed E-state index contributed by atoms with van der Waals surface area (Å²) in [7, 11) is 0. The van der Waals surface area contributed by atoms with Crippen LogP contribution in [0.5, 0.6) is 0 Å². The van der Waals surface area contributed by atoms with Gasteiger partial charge in [-0.25, -0.2) is 0 Å². The van der Waals surface area contributed by atoms with Crippen molar-refractivity contribution in [3.63, 3.8) is 0 Å². The number of benzene rings is 1. The first-order valence-corrected chi connectivity index (χ1v) is 9.37. The molecule has 1 aromatic rings. The molecule has 0 bridgehead atoms. The lowest BCUT2D eigenvalue weighted by atomic mass is 9.94. The molecule has 0 heterocycles. The highest BCUT2D eigenvalue weighted by Gasteiger charge is 2.25. The molecule has 130 valence electrons. The van der Waals surface area contributed by atoms with Crippen LogP contribution in [0.2, 0.25) is 5.02 Å². The molecule has 0 amide bonds. The molecule has 23 heavy (non-hydrogen) atoms. The molecule has 0 aromatic heterocycles. The van der Waals surface area contributed by atoms with Gasteiger partial charge in [-0.2, -0.15) is 0 Å². The van der Waals surface area contributed by atoms with E-state index in [0.717, 1.165) is 29.7 Å². The van der Waals surface area contributed by atoms with Gasteiger partial charge in [0.1, 0.15) is 12.6 Å². The summed E-state index contributed by atoms with van der Waals surface area (Å²) < 4.78 is 5.86. The highest BCUT2D eigenvalue weighted by atomic mass is 35.5. The van der Waals surface area contributed by atoms with Gasteiger partial charge in [0, 0.05) is 5.02 Å². The molecule has 1 saturated carbocycles. The molecule has 4 heteroatoms. The van der Waals surface area contributed by atoms with Crippen molar-refractivity contribution in [2.24, 2.45) is 0 Å². The Morgan fingerprint density at radius 3 is 2.48 bits per heavy atom. The van der Waals surface area contributed by atoms with E-state index in [-0.39, 0.29) is 6.10 Å². The van der Waals surface area contributed by atoms with Gasteiger partial charge in [0.25, 0.3) is 0 Å². The molecular formula is C19H31ClNO2+. The van der Waals surface area contributed by atoms with E-state index < -0.39 is 6.10 Å². The fourth-order valence-corrected chi connectivity index (χ4v) is 3.68. The third kappa shape index (κ3) is 6.07. The van der Waals surface area contributed by atoms with Crippen LogP contribution in [0, 0.1) is 0 Å². The first kappa shape index (κ1) is 18.7. The minimum atomic E-state index is -0.401. The summed E-state index contributed by atoms with van der Waals surface area (Å²) in [4.78, 5) is 1.53. The molecule has 1 unspecified atom stereocenters. The zero-order valence-electron chi connectivity index (χ0n) is 14.4. The Bertz CT molecular complexity index is 445. The first-order chi connectivity index (χ1) is 11.1. The normalized spacial score (nSPS) is 20.2. The van der Waals surface area contributed by atoms with Gasteiger partial charge in [-0.3, -0.25) is 0 Å². The maximum atomic E-state index is 10.4. The summed E-state index contributed by atoms with van der Waals surface area (Å²) in [5, 5.41) is 11.1. The molecule has 0 radical (unpaired) electrons. The molecule has 2 N–H and O–H groups in total. The minimum Gasteiger partial charge on any atom is -0.385 e. The Kier molecular flexibility index (Phi) is 7.84. The first-order valence-electron chi connectivity index (χ1n) is 8.99. The number of hydrogen-bond donors (Lipinski definition) is 2. The average molecular weight is 341 g/mol. The van der Waals surface area contributed by atoms with Gasteiger partial charge in [0.2, 0.25) is 0 Å². The van der Waals surface area contributed by atoms with E-state index in [1.54, 1.807) is 0 Å². The number of quaternary nitrogens is 1. The Hall–Kier alpha value is -0.610. The lowest BCUT2D eigenvalue weighted by molar-refractivity contribution is -0.928. The van der Waals surface area contributed by atoms with Crippen LogP contribution in [0.1, 0.15) is 57.6 Å². The van der Waals surface area contributed by atoms with Crippen LogP contribution in [0.3, 0.4) is 0 Å². The smallest absolute Gasteiger partial charge is 0.126 e. The van der Waals surface area contributed by atoms with Gasteiger partial charge in [-0.15, -0.1) is 0 Å². The Morgan fingerprint density at radius 1 is 1.22 bits per heavy atom. The van der Waals surface area contributed by atoms with Crippen molar-refractivity contribution in [1.29, 1.82) is 0 Å². The lowest BCUT2D eigenvalue weighted by Gasteiger charge is -2.32. The number of halogens is 1. The SMILES string of the molecule is CC[NH+](C[C@@H](O)CO[C@@H](C)c1ccc(Cl)cc1)C1CCCCC1. The van der Waals surface area contributed by atoms with Crippen molar-refractivity contribution in [3.8, 4) is 0 Å². The van der Waals surface area contributed by atoms with Gasteiger partial charge in [0.05, 0.1) is 25.3 Å². The Labute approximate surface area is 145 Å². The third-order valence-corrected chi connectivity index (χ3v) is 5.26. The minimum absolute atomic E-state index is 0.0262. The number of rotatable bonds is 8. The van der Waals surface area contributed by atoms with Crippen LogP contribution < -0.4 is 4.90 Å². The van der Waals surface area contributed by atoms with Gasteiger partial charge in [0.15, 0.2) is 0 Å². The van der Waals surface area contributed by atoms with Gasteiger partial charge in [-0.05, 0) is 57.2 Å². The third-order valence-electron chi connectivity index (χ3n) is 5.01. The number of ether oxygens (including phenoxy) is 1. The molecule has 2 rings (SSSR count). The maximum Gasteiger partial charge on any atom is 0.126 e. The predicted molar refractivity (Wildman–Crippen MR) is 95.1 cm³/mol. The van der Waals surface area contributed by atoms with E-state index in [0.29, 0.717) is 6.61 Å². The maximum absolute atomic E-state index is 10.4. The van der Waals surface area contributed by atoms with Gasteiger partial charge >= 0.3 is 0 Å². The Balaban J connectivity index is 1.76. The van der Waals surface area contributed by atoms with E-state index >= 15 is 0 Å². The van der Waals surface area contributed by atoms with Crippen LogP contribution in [-0.4, -0.2) is 36.9 Å². The molecule has 1 aromatic carbocycles. The van der Waals surface area contributed by atoms with Gasteiger partial charge in [-0.1, -0.05) is 30.2 Å². The number of hydrogen-bond acceptors (Lipinski definition) is 2. The Morgan fingerprint density at radius 2 is 1.87 bits per heavy atom. The molecule has 3 nitrogen and oxygen atoms in total. The highest BCUT2D eigenvalue weighted by molar-refractivity contribution is 6.30. The molecule has 0 spiro atoms. The standard InChI is InChI=1S/C19H30ClNO2/c1-3-21(18-7-5-4-6-8-18)13-19(22)14-23-15(2)16-9-11-17(20)12-10-16/h9-12,15,18-19,22H,3-8,13-14H2,1-2H3/p+1/t15-,19+/m0/s1. The quantitative estimate of drug-likeness (QED) is 0.762. The second-order valence-electron chi connectivity index (χ2n) is 6.73. The summed E-state index contributed by atoms with van der Waals surface area (Å²) in [6.45, 7) is 6.48. The predicted octanol–water partition coefficient (Wildman–Crippen LogP) is 3.02. The molecule has 1 fully saturated rings. The topological polar surface area (TPSA) is 33.9 Å². The van der Waals surface area contributed by atoms with Crippen LogP contribution in [-0.2, 0) is 4.74 Å². The summed E-state index contributed by atoms with van der Waals surface area (Å²) >= 11 is 5.91. The highest BCUT2D eigenvalue weighted by Crippen LogP contribution is 2.19. The summed E-state index contributed by atoms with van der Waals surface area (Å²) in [5.74, 6) is 0. The largest absolute Gasteiger partial charge is 0.385 e. The van der Waals surface area contributed by atoms with E-state index in [9.17, 15) is 5.11 Å². The molecule has 3 atom stereocenters. The monoisotopic (exact) mass is 340 g/mol. The van der Waals surface area contributed by atoms with Crippen molar-refractivity contribution in [2.75, 3.05) is 19.7 Å². The van der Waals surface area contributed by atoms with Crippen LogP contribution in [0.4, 0.5) is 0 Å². The van der Waals surface area contributed by atoms with Gasteiger partial charge < -0.3 is 14.7 Å². The molecule has 0 aliphatic heterocycles. The van der Waals surface area contributed by atoms with E-state index in [4.69, 9.17) is 16.3 Å². The zero-order valence-corrected chi connectivity index (χ0v) is 15.2. The van der Waals surface area contributed by atoms with Crippen molar-refractivity contribution in [2.45, 2.75) is 64.2 Å². The van der Waals surface area contributed by atoms with E-state index in [1.807, 2.05) is 31.2 Å². The number of likely N-dealkylation sites (N-methyl/N-ethyl adjacent to an activating group) is 1. The summed E-state index contributed by atoms with van der Waals surface area (Å²) in [6.07, 6.45) is 6.24. The number of nitrogens with one attached hydrogen (secondary N) is 1. The summed E-state index contributed by atoms with van der Waals surface area (Å²) in [6, 6.07) is 8.42. The second-order valence-corrected chi connectivity index (χ2v) is 7.17. The number of aliphatic hydroxyl groups is 1. The second kappa shape index (κ2) is 9.63. The average Bonchev–Trinajstić information content (AvgIpc) is 2.59. The fraction of sp³-hybridized carbons (Fsp3) is 0.684. The van der Waals surface area contributed by atoms with E-state index in [1.165, 1.54) is 37.0 Å². The fourth-order valence-electron chi connectivity index (χ4n) is 3.56. The summed E-state index contributed by atoms with van der Waals surface area (Å²) in [5.41, 5.74) is 1.09. The molecule has 0 saturated heterocycles. The number of aliphatic hydroxyl groups excluding tert-OH is 1. The zero-order chi connectivity index (χ0) is 16.7. The molecule has 1 aliphatic rings. The van der Waals surface area contributed by atoms with E-state index in [2.05, 4.69) is 6.92 Å². The van der Waals surface area contributed by atoms with Crippen molar-refractivity contribution >= 4 is 11.6 Å². The van der Waals surface area contributed by atoms with Crippen LogP contribution >= 0.6 is 11.6 Å². The van der Waals surface area contributed by atoms with Crippen molar-refractivity contribution in [3.05, 3.63) is 34.9 Å². The lowest BCUT2D eigenvalue weighted by Crippen LogP contribution is -3.16. The van der Waals surface area contributed by atoms with Crippen molar-refractivity contribution < 1.29 is 14.7 Å². The van der Waals surface area contributed by atoms with Crippen LogP contribution in [0.15, 0.2) is 24.3 Å².